The number of amides is 1. The number of hydrogen-bond acceptors (Lipinski definition) is 8. The number of carbonyl (C=O) groups excluding carboxylic acids is 3. The van der Waals surface area contributed by atoms with Gasteiger partial charge in [-0.15, -0.1) is 0 Å². The molecule has 4 aliphatic rings. The van der Waals surface area contributed by atoms with Crippen molar-refractivity contribution in [1.82, 2.24) is 4.90 Å². The van der Waals surface area contributed by atoms with E-state index < -0.39 is 53.7 Å². The average molecular weight is 618 g/mol. The maximum Gasteiger partial charge on any atom is 0.329 e. The second-order valence-electron chi connectivity index (χ2n) is 14.2. The summed E-state index contributed by atoms with van der Waals surface area (Å²) in [6.07, 6.45) is 12.8. The van der Waals surface area contributed by atoms with Gasteiger partial charge >= 0.3 is 5.97 Å². The Hall–Kier alpha value is -2.07. The second-order valence-corrected chi connectivity index (χ2v) is 14.2. The van der Waals surface area contributed by atoms with Crippen molar-refractivity contribution in [1.29, 1.82) is 0 Å². The number of fused-ring (bicyclic) bond motifs is 3. The third-order valence-corrected chi connectivity index (χ3v) is 10.6. The second kappa shape index (κ2) is 15.5. The Morgan fingerprint density at radius 3 is 2.52 bits per heavy atom. The van der Waals surface area contributed by atoms with Crippen LogP contribution < -0.4 is 0 Å². The van der Waals surface area contributed by atoms with E-state index >= 15 is 0 Å². The summed E-state index contributed by atoms with van der Waals surface area (Å²) in [5.41, 5.74) is 1.16. The number of cyclic esters (lactones) is 1. The zero-order chi connectivity index (χ0) is 32.0. The molecule has 1 aliphatic carbocycles. The number of Topliss-reactive ketones (excluding diaryl/α,β-unsaturated/α-hetero) is 1. The fourth-order valence-electron chi connectivity index (χ4n) is 7.61. The molecule has 0 aromatic heterocycles. The highest BCUT2D eigenvalue weighted by Crippen LogP contribution is 2.39. The quantitative estimate of drug-likeness (QED) is 0.238. The first-order chi connectivity index (χ1) is 20.9. The van der Waals surface area contributed by atoms with Gasteiger partial charge in [-0.3, -0.25) is 9.59 Å². The third-order valence-electron chi connectivity index (χ3n) is 10.6. The van der Waals surface area contributed by atoms with Gasteiger partial charge in [0.1, 0.15) is 12.1 Å². The molecular formula is C35H55NO8. The number of ketones is 1. The molecule has 0 aromatic rings. The summed E-state index contributed by atoms with van der Waals surface area (Å²) >= 11 is 0. The van der Waals surface area contributed by atoms with Gasteiger partial charge in [-0.05, 0) is 108 Å². The lowest BCUT2D eigenvalue weighted by molar-refractivity contribution is -0.273. The third kappa shape index (κ3) is 8.39. The van der Waals surface area contributed by atoms with Crippen LogP contribution in [0.15, 0.2) is 23.8 Å². The predicted octanol–water partition coefficient (Wildman–Crippen LogP) is 4.61. The SMILES string of the molecule is C/C1=C\CC2OC(O)(C(=O)C(=O)N3CCCCC3C(=O)OC(C(C)CC3CCC(O)C(O)C3)CCC/C=C/C1)C(C)CC2C. The number of ether oxygens (including phenoxy) is 2. The lowest BCUT2D eigenvalue weighted by Crippen LogP contribution is -2.61. The van der Waals surface area contributed by atoms with E-state index in [9.17, 15) is 29.7 Å². The minimum atomic E-state index is -2.25. The van der Waals surface area contributed by atoms with Crippen LogP contribution in [0, 0.1) is 23.7 Å². The monoisotopic (exact) mass is 617 g/mol. The molecule has 3 fully saturated rings. The Bertz CT molecular complexity index is 1070. The normalized spacial score (nSPS) is 41.2. The van der Waals surface area contributed by atoms with Crippen LogP contribution in [0.4, 0.5) is 0 Å². The van der Waals surface area contributed by atoms with Gasteiger partial charge in [0, 0.05) is 12.5 Å². The molecular weight excluding hydrogens is 562 g/mol. The maximum absolute atomic E-state index is 13.8. The van der Waals surface area contributed by atoms with Gasteiger partial charge in [0.15, 0.2) is 0 Å². The first-order valence-corrected chi connectivity index (χ1v) is 17.0. The summed E-state index contributed by atoms with van der Waals surface area (Å²) in [5.74, 6) is -4.89. The van der Waals surface area contributed by atoms with Crippen molar-refractivity contribution in [2.24, 2.45) is 23.7 Å². The highest BCUT2D eigenvalue weighted by molar-refractivity contribution is 6.39. The van der Waals surface area contributed by atoms with Crippen molar-refractivity contribution in [3.63, 3.8) is 0 Å². The van der Waals surface area contributed by atoms with E-state index in [0.717, 1.165) is 44.1 Å². The highest BCUT2D eigenvalue weighted by Gasteiger charge is 2.54. The van der Waals surface area contributed by atoms with Crippen molar-refractivity contribution < 1.29 is 39.2 Å². The standard InChI is InChI=1S/C35H55NO8/c1-22-11-7-5-6-8-13-30(24(3)20-26-15-16-28(37)29(38)21-26)43-34(41)27-12-9-10-18-36(27)33(40)32(39)35(42)25(4)19-23(2)31(44-35)17-14-22/h5,7,14,23-31,37-38,42H,6,8-13,15-21H2,1-4H3/b7-5+,22-14+. The number of hydrogen-bond donors (Lipinski definition) is 3. The van der Waals surface area contributed by atoms with E-state index in [2.05, 4.69) is 32.1 Å². The zero-order valence-electron chi connectivity index (χ0n) is 27.2. The van der Waals surface area contributed by atoms with Crippen molar-refractivity contribution in [2.75, 3.05) is 6.54 Å². The van der Waals surface area contributed by atoms with Crippen LogP contribution in [0.1, 0.15) is 111 Å². The Kier molecular flexibility index (Phi) is 12.2. The molecule has 4 rings (SSSR count). The molecule has 3 heterocycles. The number of allylic oxidation sites excluding steroid dienone is 3. The zero-order valence-corrected chi connectivity index (χ0v) is 27.2. The van der Waals surface area contributed by atoms with Crippen LogP contribution in [0.2, 0.25) is 0 Å². The first-order valence-electron chi connectivity index (χ1n) is 17.0. The van der Waals surface area contributed by atoms with E-state index in [1.54, 1.807) is 6.92 Å². The van der Waals surface area contributed by atoms with Crippen molar-refractivity contribution in [2.45, 2.75) is 147 Å². The van der Waals surface area contributed by atoms with Gasteiger partial charge < -0.3 is 29.7 Å². The van der Waals surface area contributed by atoms with E-state index in [4.69, 9.17) is 9.47 Å². The number of rotatable bonds is 3. The molecule has 3 N–H and O–H groups in total. The van der Waals surface area contributed by atoms with Crippen LogP contribution in [-0.2, 0) is 23.9 Å². The largest absolute Gasteiger partial charge is 0.461 e. The van der Waals surface area contributed by atoms with Gasteiger partial charge in [0.05, 0.1) is 18.3 Å². The Morgan fingerprint density at radius 1 is 1.00 bits per heavy atom. The highest BCUT2D eigenvalue weighted by atomic mass is 16.6. The predicted molar refractivity (Wildman–Crippen MR) is 166 cm³/mol. The number of carbonyl (C=O) groups is 3. The number of nitrogens with zero attached hydrogens (tertiary/aromatic N) is 1. The summed E-state index contributed by atoms with van der Waals surface area (Å²) in [7, 11) is 0. The Morgan fingerprint density at radius 2 is 1.77 bits per heavy atom. The Balaban J connectivity index is 1.57. The molecule has 2 bridgehead atoms. The lowest BCUT2D eigenvalue weighted by Gasteiger charge is -2.44. The van der Waals surface area contributed by atoms with Crippen LogP contribution >= 0.6 is 0 Å². The number of aliphatic hydroxyl groups is 3. The molecule has 1 saturated carbocycles. The topological polar surface area (TPSA) is 134 Å². The minimum Gasteiger partial charge on any atom is -0.461 e. The molecule has 10 unspecified atom stereocenters. The van der Waals surface area contributed by atoms with Gasteiger partial charge in [-0.25, -0.2) is 4.79 Å². The van der Waals surface area contributed by atoms with E-state index in [1.807, 2.05) is 6.92 Å². The molecule has 1 amide bonds. The van der Waals surface area contributed by atoms with Crippen LogP contribution in [0.25, 0.3) is 0 Å². The van der Waals surface area contributed by atoms with Crippen LogP contribution in [0.5, 0.6) is 0 Å². The van der Waals surface area contributed by atoms with E-state index in [1.165, 1.54) is 4.90 Å². The van der Waals surface area contributed by atoms with Crippen molar-refractivity contribution >= 4 is 17.7 Å². The maximum atomic E-state index is 13.8. The van der Waals surface area contributed by atoms with Crippen LogP contribution in [-0.4, -0.2) is 80.7 Å². The summed E-state index contributed by atoms with van der Waals surface area (Å²) in [4.78, 5) is 42.5. The van der Waals surface area contributed by atoms with Gasteiger partial charge in [-0.2, -0.15) is 0 Å². The summed E-state index contributed by atoms with van der Waals surface area (Å²) in [6, 6.07) is -0.897. The molecule has 2 saturated heterocycles. The molecule has 0 aromatic carbocycles. The molecule has 10 atom stereocenters. The number of esters is 1. The Labute approximate surface area is 263 Å². The first kappa shape index (κ1) is 34.8. The molecule has 248 valence electrons. The molecule has 9 nitrogen and oxygen atoms in total. The van der Waals surface area contributed by atoms with Gasteiger partial charge in [-0.1, -0.05) is 44.6 Å². The minimum absolute atomic E-state index is 0.0140. The van der Waals surface area contributed by atoms with E-state index in [-0.39, 0.29) is 30.4 Å². The fourth-order valence-corrected chi connectivity index (χ4v) is 7.61. The molecule has 3 aliphatic heterocycles. The lowest BCUT2D eigenvalue weighted by atomic mass is 9.79. The van der Waals surface area contributed by atoms with Gasteiger partial charge in [0.2, 0.25) is 5.79 Å². The fraction of sp³-hybridized carbons (Fsp3) is 0.800. The summed E-state index contributed by atoms with van der Waals surface area (Å²) < 4.78 is 12.3. The smallest absolute Gasteiger partial charge is 0.329 e. The summed E-state index contributed by atoms with van der Waals surface area (Å²) in [6.45, 7) is 8.14. The van der Waals surface area contributed by atoms with Crippen molar-refractivity contribution in [3.05, 3.63) is 23.8 Å². The number of aliphatic hydroxyl groups excluding tert-OH is 2. The summed E-state index contributed by atoms with van der Waals surface area (Å²) in [5, 5.41) is 31.8. The molecule has 44 heavy (non-hydrogen) atoms. The van der Waals surface area contributed by atoms with Gasteiger partial charge in [0.25, 0.3) is 11.7 Å². The molecule has 0 radical (unpaired) electrons. The van der Waals surface area contributed by atoms with Crippen LogP contribution in [0.3, 0.4) is 0 Å². The van der Waals surface area contributed by atoms with Crippen molar-refractivity contribution in [3.8, 4) is 0 Å². The molecule has 9 heteroatoms. The van der Waals surface area contributed by atoms with E-state index in [0.29, 0.717) is 44.9 Å². The number of piperidine rings is 1. The molecule has 0 spiro atoms. The average Bonchev–Trinajstić information content (AvgIpc) is 2.99.